The first-order chi connectivity index (χ1) is 12.0. The number of aliphatic hydroxyl groups is 1. The number of guanidine groups is 1. The number of methoxy groups -OCH3 is 1. The number of nitrogens with zero attached hydrogens (tertiary/aromatic N) is 2. The van der Waals surface area contributed by atoms with Crippen LogP contribution in [0, 0.1) is 13.8 Å². The lowest BCUT2D eigenvalue weighted by Crippen LogP contribution is -2.39. The van der Waals surface area contributed by atoms with E-state index < -0.39 is 6.10 Å². The zero-order valence-corrected chi connectivity index (χ0v) is 18.7. The van der Waals surface area contributed by atoms with Gasteiger partial charge in [-0.25, -0.2) is 9.98 Å². The smallest absolute Gasteiger partial charge is 0.191 e. The summed E-state index contributed by atoms with van der Waals surface area (Å²) in [5, 5.41) is 17.7. The van der Waals surface area contributed by atoms with Crippen LogP contribution in [0.1, 0.15) is 34.2 Å². The molecule has 0 spiro atoms. The van der Waals surface area contributed by atoms with E-state index >= 15 is 0 Å². The average molecular weight is 490 g/mol. The van der Waals surface area contributed by atoms with Crippen LogP contribution in [0.2, 0.25) is 0 Å². The molecule has 2 rings (SSSR count). The number of aliphatic hydroxyl groups excluding tert-OH is 1. The van der Waals surface area contributed by atoms with E-state index in [1.165, 1.54) is 4.88 Å². The van der Waals surface area contributed by atoms with Crippen molar-refractivity contribution in [3.05, 3.63) is 45.4 Å². The van der Waals surface area contributed by atoms with Crippen LogP contribution in [0.25, 0.3) is 0 Å². The third-order valence-corrected chi connectivity index (χ3v) is 4.79. The summed E-state index contributed by atoms with van der Waals surface area (Å²) in [4.78, 5) is 10.3. The normalized spacial score (nSPS) is 12.3. The van der Waals surface area contributed by atoms with Crippen molar-refractivity contribution in [1.82, 2.24) is 15.6 Å². The van der Waals surface area contributed by atoms with E-state index in [-0.39, 0.29) is 24.0 Å². The van der Waals surface area contributed by atoms with Gasteiger partial charge in [0.05, 0.1) is 25.5 Å². The number of hydrogen-bond donors (Lipinski definition) is 3. The number of halogens is 1. The van der Waals surface area contributed by atoms with Gasteiger partial charge in [0.1, 0.15) is 10.8 Å². The zero-order chi connectivity index (χ0) is 18.2. The van der Waals surface area contributed by atoms with Crippen molar-refractivity contribution in [3.63, 3.8) is 0 Å². The molecule has 0 radical (unpaired) electrons. The molecule has 0 bridgehead atoms. The van der Waals surface area contributed by atoms with Gasteiger partial charge in [0, 0.05) is 18.0 Å². The molecular weight excluding hydrogens is 463 g/mol. The molecular formula is C18H27IN4O2S. The minimum atomic E-state index is -0.650. The highest BCUT2D eigenvalue weighted by Crippen LogP contribution is 2.19. The molecule has 1 unspecified atom stereocenters. The highest BCUT2D eigenvalue weighted by Gasteiger charge is 2.10. The second kappa shape index (κ2) is 11.3. The van der Waals surface area contributed by atoms with Crippen LogP contribution in [-0.4, -0.2) is 36.2 Å². The highest BCUT2D eigenvalue weighted by atomic mass is 127. The van der Waals surface area contributed by atoms with E-state index in [9.17, 15) is 5.11 Å². The molecule has 1 atom stereocenters. The predicted molar refractivity (Wildman–Crippen MR) is 118 cm³/mol. The van der Waals surface area contributed by atoms with Gasteiger partial charge in [-0.1, -0.05) is 12.1 Å². The van der Waals surface area contributed by atoms with E-state index in [1.54, 1.807) is 18.4 Å². The Labute approximate surface area is 176 Å². The Kier molecular flexibility index (Phi) is 9.89. The standard InChI is InChI=1S/C18H26N4O2S.HI/c1-5-19-18(21-11-17-22-12(2)13(3)25-17)20-10-16(23)14-7-6-8-15(9-14)24-4;/h6-9,16,23H,5,10-11H2,1-4H3,(H2,19,20,21);1H. The van der Waals surface area contributed by atoms with Gasteiger partial charge >= 0.3 is 0 Å². The molecule has 6 nitrogen and oxygen atoms in total. The average Bonchev–Trinajstić information content (AvgIpc) is 2.95. The van der Waals surface area contributed by atoms with Crippen LogP contribution >= 0.6 is 35.3 Å². The molecule has 8 heteroatoms. The molecule has 0 aliphatic rings. The first kappa shape index (κ1) is 22.7. The fourth-order valence-electron chi connectivity index (χ4n) is 2.26. The zero-order valence-electron chi connectivity index (χ0n) is 15.6. The van der Waals surface area contributed by atoms with Gasteiger partial charge in [0.25, 0.3) is 0 Å². The Bertz CT molecular complexity index is 701. The Hall–Kier alpha value is -1.39. The molecule has 0 saturated carbocycles. The van der Waals surface area contributed by atoms with Crippen LogP contribution in [0.4, 0.5) is 0 Å². The van der Waals surface area contributed by atoms with Crippen LogP contribution in [-0.2, 0) is 6.54 Å². The largest absolute Gasteiger partial charge is 0.497 e. The van der Waals surface area contributed by atoms with Crippen molar-refractivity contribution < 1.29 is 9.84 Å². The summed E-state index contributed by atoms with van der Waals surface area (Å²) in [7, 11) is 1.61. The first-order valence-electron chi connectivity index (χ1n) is 8.30. The molecule has 0 amide bonds. The quantitative estimate of drug-likeness (QED) is 0.316. The maximum Gasteiger partial charge on any atom is 0.191 e. The second-order valence-electron chi connectivity index (χ2n) is 5.62. The van der Waals surface area contributed by atoms with Crippen molar-refractivity contribution in [2.45, 2.75) is 33.4 Å². The minimum Gasteiger partial charge on any atom is -0.497 e. The van der Waals surface area contributed by atoms with E-state index in [0.717, 1.165) is 28.6 Å². The van der Waals surface area contributed by atoms with Crippen LogP contribution in [0.5, 0.6) is 5.75 Å². The lowest BCUT2D eigenvalue weighted by molar-refractivity contribution is 0.180. The van der Waals surface area contributed by atoms with Gasteiger partial charge in [-0.05, 0) is 38.5 Å². The monoisotopic (exact) mass is 490 g/mol. The summed E-state index contributed by atoms with van der Waals surface area (Å²) >= 11 is 1.66. The Morgan fingerprint density at radius 3 is 2.73 bits per heavy atom. The maximum absolute atomic E-state index is 10.4. The van der Waals surface area contributed by atoms with E-state index in [4.69, 9.17) is 4.74 Å². The fraction of sp³-hybridized carbons (Fsp3) is 0.444. The predicted octanol–water partition coefficient (Wildman–Crippen LogP) is 3.18. The Balaban J connectivity index is 0.00000338. The van der Waals surface area contributed by atoms with Gasteiger partial charge in [-0.2, -0.15) is 0 Å². The highest BCUT2D eigenvalue weighted by molar-refractivity contribution is 14.0. The van der Waals surface area contributed by atoms with Crippen LogP contribution < -0.4 is 15.4 Å². The van der Waals surface area contributed by atoms with Gasteiger partial charge < -0.3 is 20.5 Å². The van der Waals surface area contributed by atoms with Gasteiger partial charge in [0.15, 0.2) is 5.96 Å². The number of ether oxygens (including phenoxy) is 1. The minimum absolute atomic E-state index is 0. The van der Waals surface area contributed by atoms with Crippen molar-refractivity contribution in [1.29, 1.82) is 0 Å². The lowest BCUT2D eigenvalue weighted by atomic mass is 10.1. The van der Waals surface area contributed by atoms with Crippen molar-refractivity contribution in [2.24, 2.45) is 4.99 Å². The van der Waals surface area contributed by atoms with Gasteiger partial charge in [-0.15, -0.1) is 35.3 Å². The molecule has 2 aromatic rings. The summed E-state index contributed by atoms with van der Waals surface area (Å²) in [6.45, 7) is 7.70. The van der Waals surface area contributed by atoms with E-state index in [0.29, 0.717) is 19.0 Å². The fourth-order valence-corrected chi connectivity index (χ4v) is 3.11. The molecule has 3 N–H and O–H groups in total. The summed E-state index contributed by atoms with van der Waals surface area (Å²) in [5.41, 5.74) is 1.86. The van der Waals surface area contributed by atoms with Crippen LogP contribution in [0.15, 0.2) is 29.3 Å². The van der Waals surface area contributed by atoms with Gasteiger partial charge in [0.2, 0.25) is 0 Å². The number of aromatic nitrogens is 1. The number of rotatable bonds is 7. The second-order valence-corrected chi connectivity index (χ2v) is 6.91. The van der Waals surface area contributed by atoms with E-state index in [2.05, 4.69) is 27.5 Å². The topological polar surface area (TPSA) is 78.8 Å². The van der Waals surface area contributed by atoms with Crippen molar-refractivity contribution in [2.75, 3.05) is 20.2 Å². The van der Waals surface area contributed by atoms with E-state index in [1.807, 2.05) is 38.1 Å². The third kappa shape index (κ3) is 6.73. The Morgan fingerprint density at radius 1 is 1.35 bits per heavy atom. The van der Waals surface area contributed by atoms with Crippen molar-refractivity contribution >= 4 is 41.3 Å². The first-order valence-corrected chi connectivity index (χ1v) is 9.12. The number of aryl methyl sites for hydroxylation is 2. The third-order valence-electron chi connectivity index (χ3n) is 3.73. The molecule has 1 aromatic carbocycles. The summed E-state index contributed by atoms with van der Waals surface area (Å²) in [5.74, 6) is 1.39. The molecule has 0 fully saturated rings. The van der Waals surface area contributed by atoms with Gasteiger partial charge in [-0.3, -0.25) is 0 Å². The molecule has 0 aliphatic heterocycles. The maximum atomic E-state index is 10.4. The number of benzene rings is 1. The Morgan fingerprint density at radius 2 is 2.12 bits per heavy atom. The summed E-state index contributed by atoms with van der Waals surface area (Å²) < 4.78 is 5.19. The molecule has 0 aliphatic carbocycles. The van der Waals surface area contributed by atoms with Crippen molar-refractivity contribution in [3.8, 4) is 5.75 Å². The lowest BCUT2D eigenvalue weighted by Gasteiger charge is -2.16. The number of aliphatic imine (C=N–C) groups is 1. The number of nitrogens with one attached hydrogen (secondary N) is 2. The summed E-state index contributed by atoms with van der Waals surface area (Å²) in [6.07, 6.45) is -0.650. The SMILES string of the molecule is CCNC(=NCc1nc(C)c(C)s1)NCC(O)c1cccc(OC)c1.I. The number of thiazole rings is 1. The van der Waals surface area contributed by atoms with Crippen LogP contribution in [0.3, 0.4) is 0 Å². The molecule has 26 heavy (non-hydrogen) atoms. The summed E-state index contributed by atoms with van der Waals surface area (Å²) in [6, 6.07) is 7.43. The molecule has 1 heterocycles. The molecule has 0 saturated heterocycles. The number of hydrogen-bond acceptors (Lipinski definition) is 5. The molecule has 144 valence electrons. The molecule has 1 aromatic heterocycles.